The minimum absolute atomic E-state index is 0.0152. The van der Waals surface area contributed by atoms with Crippen molar-refractivity contribution in [3.05, 3.63) is 23.3 Å². The summed E-state index contributed by atoms with van der Waals surface area (Å²) in [6, 6.07) is 0. The third kappa shape index (κ3) is 7.84. The van der Waals surface area contributed by atoms with E-state index in [4.69, 9.17) is 8.37 Å². The molecule has 3 nitrogen and oxygen atoms in total. The molecule has 324 valence electrons. The molecule has 0 aromatic heterocycles. The van der Waals surface area contributed by atoms with Crippen molar-refractivity contribution < 1.29 is 12.6 Å². The van der Waals surface area contributed by atoms with Gasteiger partial charge >= 0.3 is 11.4 Å². The molecular weight excluding hydrogens is 717 g/mol. The van der Waals surface area contributed by atoms with Gasteiger partial charge in [-0.3, -0.25) is 8.37 Å². The lowest BCUT2D eigenvalue weighted by molar-refractivity contribution is -0.0581. The predicted octanol–water partition coefficient (Wildman–Crippen LogP) is 15.0. The molecular formula is C53H88O3S. The summed E-state index contributed by atoms with van der Waals surface area (Å²) in [5.41, 5.74) is 4.87. The number of fused-ring (bicyclic) bond motifs is 10. The van der Waals surface area contributed by atoms with Gasteiger partial charge in [0.15, 0.2) is 0 Å². The Bertz CT molecular complexity index is 1510. The van der Waals surface area contributed by atoms with E-state index in [1.54, 1.807) is 11.1 Å². The Hall–Kier alpha value is -0.450. The van der Waals surface area contributed by atoms with Crippen LogP contribution in [0.2, 0.25) is 0 Å². The fourth-order valence-corrected chi connectivity index (χ4v) is 18.3. The fraction of sp³-hybridized carbons (Fsp3) is 0.925. The van der Waals surface area contributed by atoms with E-state index >= 15 is 0 Å². The summed E-state index contributed by atoms with van der Waals surface area (Å²) in [6.07, 6.45) is 32.6. The summed E-state index contributed by atoms with van der Waals surface area (Å²) in [4.78, 5) is 0. The van der Waals surface area contributed by atoms with Gasteiger partial charge in [-0.1, -0.05) is 125 Å². The zero-order chi connectivity index (χ0) is 40.5. The van der Waals surface area contributed by atoms with Gasteiger partial charge in [0, 0.05) is 0 Å². The standard InChI is InChI=1S/C53H88O3S/c1-34(2)12-11-13-36(5)44-20-22-46-42-18-16-38-32-40(24-28-50(38,7)48(42)26-30-52(44,46)9)55-57(54)56-41-25-29-51(8)39(33-41)17-19-43-47-23-21-45(37(6)15-14-35(3)4)53(47,10)31-27-49(43)51/h16-17,34-37,40-49H,11-15,18-33H2,1-10H3/t36-,37+,40-,41+,42-,43-,44-,45-,46+,47-,48+,49-,50-,51+,52-,53+,57-/m0/s1. The van der Waals surface area contributed by atoms with Crippen LogP contribution in [0.25, 0.3) is 0 Å². The maximum absolute atomic E-state index is 13.6. The van der Waals surface area contributed by atoms with Crippen molar-refractivity contribution in [3.8, 4) is 0 Å². The summed E-state index contributed by atoms with van der Waals surface area (Å²) in [7, 11) is 0. The highest BCUT2D eigenvalue weighted by atomic mass is 32.2. The molecule has 8 rings (SSSR count). The van der Waals surface area contributed by atoms with Crippen LogP contribution in [0.3, 0.4) is 0 Å². The lowest BCUT2D eigenvalue weighted by Crippen LogP contribution is -2.51. The molecule has 0 radical (unpaired) electrons. The quantitative estimate of drug-likeness (QED) is 0.174. The Morgan fingerprint density at radius 1 is 0.561 bits per heavy atom. The lowest BCUT2D eigenvalue weighted by Gasteiger charge is -2.58. The molecule has 0 heterocycles. The Balaban J connectivity index is 0.843. The SMILES string of the molecule is CC(C)CCC[C@H](C)[C@@H]1CC[C@@H]2[C@@H]3CC=C4C[C@@H](O[S@](=O)O[C@@H]5CC[C@]6(C)C(=CC[C@H]7[C@@H]8CC[C@@H]([C@H](C)CCC(C)C)[C@@]8(C)CC[C@@H]76)C5)CC[C@]4(C)[C@@H]3CC[C@]21C. The van der Waals surface area contributed by atoms with E-state index in [1.165, 1.54) is 109 Å². The molecule has 0 amide bonds. The first kappa shape index (κ1) is 43.2. The highest BCUT2D eigenvalue weighted by Crippen LogP contribution is 2.69. The van der Waals surface area contributed by atoms with Crippen LogP contribution in [0.4, 0.5) is 0 Å². The van der Waals surface area contributed by atoms with Crippen molar-refractivity contribution in [2.75, 3.05) is 0 Å². The minimum Gasteiger partial charge on any atom is -0.265 e. The first-order chi connectivity index (χ1) is 27.1. The molecule has 8 aliphatic rings. The van der Waals surface area contributed by atoms with Crippen LogP contribution in [0.5, 0.6) is 0 Å². The number of allylic oxidation sites excluding steroid dienone is 2. The van der Waals surface area contributed by atoms with Gasteiger partial charge in [0.1, 0.15) is 0 Å². The summed E-state index contributed by atoms with van der Waals surface area (Å²) in [5, 5.41) is 0. The van der Waals surface area contributed by atoms with Crippen molar-refractivity contribution in [3.63, 3.8) is 0 Å². The molecule has 0 saturated heterocycles. The lowest BCUT2D eigenvalue weighted by atomic mass is 9.47. The van der Waals surface area contributed by atoms with Crippen LogP contribution in [0, 0.1) is 92.7 Å². The second-order valence-corrected chi connectivity index (χ2v) is 25.1. The smallest absolute Gasteiger partial charge is 0.265 e. The van der Waals surface area contributed by atoms with Gasteiger partial charge in [0.25, 0.3) is 0 Å². The molecule has 0 bridgehead atoms. The van der Waals surface area contributed by atoms with Crippen molar-refractivity contribution in [2.45, 2.75) is 216 Å². The molecule has 0 aliphatic heterocycles. The molecule has 17 atom stereocenters. The molecule has 57 heavy (non-hydrogen) atoms. The average molecular weight is 805 g/mol. The van der Waals surface area contributed by atoms with Crippen molar-refractivity contribution in [1.29, 1.82) is 0 Å². The third-order valence-corrected chi connectivity index (χ3v) is 21.6. The Morgan fingerprint density at radius 3 is 1.47 bits per heavy atom. The minimum atomic E-state index is -1.68. The Kier molecular flexibility index (Phi) is 12.6. The van der Waals surface area contributed by atoms with Crippen molar-refractivity contribution in [1.82, 2.24) is 0 Å². The normalized spacial score (nSPS) is 46.8. The van der Waals surface area contributed by atoms with Crippen LogP contribution >= 0.6 is 0 Å². The average Bonchev–Trinajstić information content (AvgIpc) is 3.71. The van der Waals surface area contributed by atoms with Crippen LogP contribution in [0.1, 0.15) is 204 Å². The fourth-order valence-electron chi connectivity index (χ4n) is 17.5. The molecule has 0 aromatic carbocycles. The Labute approximate surface area is 354 Å². The molecule has 6 fully saturated rings. The highest BCUT2D eigenvalue weighted by molar-refractivity contribution is 7.75. The molecule has 0 aromatic rings. The van der Waals surface area contributed by atoms with Gasteiger partial charge in [-0.05, 0) is 195 Å². The second-order valence-electron chi connectivity index (χ2n) is 24.4. The summed E-state index contributed by atoms with van der Waals surface area (Å²) in [6.45, 7) is 25.4. The van der Waals surface area contributed by atoms with Crippen LogP contribution < -0.4 is 0 Å². The van der Waals surface area contributed by atoms with E-state index in [0.29, 0.717) is 10.8 Å². The van der Waals surface area contributed by atoms with E-state index in [0.717, 1.165) is 96.7 Å². The van der Waals surface area contributed by atoms with Crippen molar-refractivity contribution in [2.24, 2.45) is 92.7 Å². The monoisotopic (exact) mass is 805 g/mol. The van der Waals surface area contributed by atoms with Crippen LogP contribution in [0.15, 0.2) is 23.3 Å². The largest absolute Gasteiger partial charge is 0.305 e. The zero-order valence-electron chi connectivity index (χ0n) is 38.7. The van der Waals surface area contributed by atoms with Gasteiger partial charge in [0.2, 0.25) is 0 Å². The second kappa shape index (κ2) is 16.7. The summed E-state index contributed by atoms with van der Waals surface area (Å²) in [5.74, 6) is 10.3. The van der Waals surface area contributed by atoms with Gasteiger partial charge in [-0.25, -0.2) is 0 Å². The number of hydrogen-bond acceptors (Lipinski definition) is 3. The van der Waals surface area contributed by atoms with E-state index in [2.05, 4.69) is 81.4 Å². The van der Waals surface area contributed by atoms with E-state index < -0.39 is 11.4 Å². The zero-order valence-corrected chi connectivity index (χ0v) is 39.5. The van der Waals surface area contributed by atoms with Gasteiger partial charge in [-0.15, -0.1) is 0 Å². The molecule has 0 spiro atoms. The highest BCUT2D eigenvalue weighted by Gasteiger charge is 2.61. The maximum Gasteiger partial charge on any atom is 0.305 e. The topological polar surface area (TPSA) is 35.5 Å². The molecule has 6 saturated carbocycles. The van der Waals surface area contributed by atoms with E-state index in [-0.39, 0.29) is 23.0 Å². The summed E-state index contributed by atoms with van der Waals surface area (Å²) >= 11 is -1.68. The molecule has 4 heteroatoms. The van der Waals surface area contributed by atoms with Gasteiger partial charge in [0.05, 0.1) is 12.2 Å². The number of hydrogen-bond donors (Lipinski definition) is 0. The van der Waals surface area contributed by atoms with Crippen LogP contribution in [-0.2, 0) is 19.7 Å². The Morgan fingerprint density at radius 2 is 1.02 bits per heavy atom. The third-order valence-electron chi connectivity index (χ3n) is 20.7. The molecule has 0 unspecified atom stereocenters. The van der Waals surface area contributed by atoms with Crippen molar-refractivity contribution >= 4 is 11.4 Å². The number of rotatable bonds is 13. The van der Waals surface area contributed by atoms with Gasteiger partial charge < -0.3 is 0 Å². The van der Waals surface area contributed by atoms with Crippen LogP contribution in [-0.4, -0.2) is 16.4 Å². The first-order valence-corrected chi connectivity index (χ1v) is 26.2. The predicted molar refractivity (Wildman–Crippen MR) is 239 cm³/mol. The summed E-state index contributed by atoms with van der Waals surface area (Å²) < 4.78 is 26.3. The maximum atomic E-state index is 13.6. The first-order valence-electron chi connectivity index (χ1n) is 25.2. The van der Waals surface area contributed by atoms with Gasteiger partial charge in [-0.2, -0.15) is 4.21 Å². The van der Waals surface area contributed by atoms with E-state index in [1.807, 2.05) is 0 Å². The van der Waals surface area contributed by atoms with E-state index in [9.17, 15) is 4.21 Å². The molecule has 8 aliphatic carbocycles. The molecule has 0 N–H and O–H groups in total.